The van der Waals surface area contributed by atoms with Gasteiger partial charge in [0, 0.05) is 6.54 Å². The molecule has 1 aliphatic carbocycles. The Morgan fingerprint density at radius 1 is 1.45 bits per heavy atom. The summed E-state index contributed by atoms with van der Waals surface area (Å²) in [6, 6.07) is 0. The van der Waals surface area contributed by atoms with Crippen molar-refractivity contribution in [1.82, 2.24) is 4.90 Å². The van der Waals surface area contributed by atoms with Crippen LogP contribution in [0, 0.1) is 0 Å². The number of rotatable bonds is 2. The van der Waals surface area contributed by atoms with Gasteiger partial charge in [0.05, 0.1) is 0 Å². The van der Waals surface area contributed by atoms with E-state index in [-0.39, 0.29) is 0 Å². The number of hydrogen-bond acceptors (Lipinski definition) is 1. The molecule has 0 spiro atoms. The zero-order valence-electron chi connectivity index (χ0n) is 7.72. The fraction of sp³-hybridized carbons (Fsp3) is 0.600. The van der Waals surface area contributed by atoms with Gasteiger partial charge in [0.25, 0.3) is 0 Å². The first-order valence-electron chi connectivity index (χ1n) is 4.20. The second-order valence-electron chi connectivity index (χ2n) is 3.47. The van der Waals surface area contributed by atoms with Gasteiger partial charge in [-0.25, -0.2) is 0 Å². The molecule has 0 aromatic carbocycles. The minimum absolute atomic E-state index is 1.12. The smallest absolute Gasteiger partial charge is 0.0192 e. The Bertz CT molecular complexity index is 187. The van der Waals surface area contributed by atoms with Crippen LogP contribution in [0.5, 0.6) is 0 Å². The number of likely N-dealkylation sites (N-methyl/N-ethyl adjacent to an activating group) is 1. The molecule has 11 heavy (non-hydrogen) atoms. The first-order valence-corrected chi connectivity index (χ1v) is 4.20. The molecule has 0 aliphatic heterocycles. The van der Waals surface area contributed by atoms with E-state index in [9.17, 15) is 0 Å². The predicted octanol–water partition coefficient (Wildman–Crippen LogP) is 2.21. The van der Waals surface area contributed by atoms with Gasteiger partial charge < -0.3 is 4.90 Å². The molecule has 0 saturated heterocycles. The highest BCUT2D eigenvalue weighted by atomic mass is 15.0. The van der Waals surface area contributed by atoms with Crippen molar-refractivity contribution in [2.24, 2.45) is 0 Å². The Morgan fingerprint density at radius 2 is 2.18 bits per heavy atom. The highest BCUT2D eigenvalue weighted by Gasteiger charge is 2.04. The van der Waals surface area contributed by atoms with Crippen LogP contribution in [-0.2, 0) is 0 Å². The Kier molecular flexibility index (Phi) is 2.89. The molecule has 0 N–H and O–H groups in total. The lowest BCUT2D eigenvalue weighted by Crippen LogP contribution is -2.16. The average Bonchev–Trinajstić information content (AvgIpc) is 1.93. The second-order valence-corrected chi connectivity index (χ2v) is 3.47. The summed E-state index contributed by atoms with van der Waals surface area (Å²) >= 11 is 0. The molecular weight excluding hydrogens is 134 g/mol. The summed E-state index contributed by atoms with van der Waals surface area (Å²) in [5, 5.41) is 0. The van der Waals surface area contributed by atoms with E-state index in [1.165, 1.54) is 18.4 Å². The molecule has 1 nitrogen and oxygen atoms in total. The molecule has 0 amide bonds. The average molecular weight is 151 g/mol. The monoisotopic (exact) mass is 151 g/mol. The van der Waals surface area contributed by atoms with Crippen LogP contribution in [0.3, 0.4) is 0 Å². The molecule has 0 bridgehead atoms. The first kappa shape index (κ1) is 8.54. The van der Waals surface area contributed by atoms with Crippen molar-refractivity contribution in [1.29, 1.82) is 0 Å². The topological polar surface area (TPSA) is 3.24 Å². The lowest BCUT2D eigenvalue weighted by Gasteiger charge is -2.17. The third kappa shape index (κ3) is 2.51. The van der Waals surface area contributed by atoms with Gasteiger partial charge in [0.2, 0.25) is 0 Å². The lowest BCUT2D eigenvalue weighted by atomic mass is 9.98. The predicted molar refractivity (Wildman–Crippen MR) is 49.6 cm³/mol. The fourth-order valence-corrected chi connectivity index (χ4v) is 1.42. The van der Waals surface area contributed by atoms with E-state index < -0.39 is 0 Å². The van der Waals surface area contributed by atoms with E-state index in [4.69, 9.17) is 0 Å². The summed E-state index contributed by atoms with van der Waals surface area (Å²) in [6.07, 6.45) is 6.97. The van der Waals surface area contributed by atoms with Gasteiger partial charge in [-0.3, -0.25) is 0 Å². The van der Waals surface area contributed by atoms with Crippen molar-refractivity contribution in [3.63, 3.8) is 0 Å². The van der Waals surface area contributed by atoms with Crippen LogP contribution in [0.1, 0.15) is 19.8 Å². The third-order valence-electron chi connectivity index (χ3n) is 2.05. The largest absolute Gasteiger partial charge is 0.305 e. The molecular formula is C10H17N. The van der Waals surface area contributed by atoms with Crippen LogP contribution >= 0.6 is 0 Å². The highest BCUT2D eigenvalue weighted by Crippen LogP contribution is 2.18. The van der Waals surface area contributed by atoms with Gasteiger partial charge in [-0.2, -0.15) is 0 Å². The Morgan fingerprint density at radius 3 is 2.73 bits per heavy atom. The van der Waals surface area contributed by atoms with Crippen molar-refractivity contribution in [3.05, 3.63) is 23.3 Å². The van der Waals surface area contributed by atoms with Crippen molar-refractivity contribution < 1.29 is 0 Å². The summed E-state index contributed by atoms with van der Waals surface area (Å²) in [6.45, 7) is 3.32. The van der Waals surface area contributed by atoms with Crippen LogP contribution in [0.4, 0.5) is 0 Å². The van der Waals surface area contributed by atoms with Gasteiger partial charge >= 0.3 is 0 Å². The van der Waals surface area contributed by atoms with Gasteiger partial charge in [-0.05, 0) is 33.9 Å². The minimum atomic E-state index is 1.12. The summed E-state index contributed by atoms with van der Waals surface area (Å²) in [5.41, 5.74) is 3.06. The normalized spacial score (nSPS) is 18.2. The Labute approximate surface area is 69.4 Å². The third-order valence-corrected chi connectivity index (χ3v) is 2.05. The zero-order chi connectivity index (χ0) is 8.27. The maximum absolute atomic E-state index is 2.26. The van der Waals surface area contributed by atoms with E-state index in [1.54, 1.807) is 5.57 Å². The molecule has 1 aliphatic rings. The van der Waals surface area contributed by atoms with Crippen molar-refractivity contribution in [3.8, 4) is 0 Å². The molecule has 0 fully saturated rings. The molecule has 1 heteroatoms. The van der Waals surface area contributed by atoms with Crippen LogP contribution in [0.25, 0.3) is 0 Å². The molecule has 1 rings (SSSR count). The van der Waals surface area contributed by atoms with E-state index in [0.29, 0.717) is 0 Å². The Balaban J connectivity index is 2.60. The molecule has 62 valence electrons. The SMILES string of the molecule is CC1=C(CN(C)C)CCC=C1. The van der Waals surface area contributed by atoms with E-state index in [1.807, 2.05) is 0 Å². The number of hydrogen-bond donors (Lipinski definition) is 0. The van der Waals surface area contributed by atoms with Crippen LogP contribution in [0.2, 0.25) is 0 Å². The molecule has 0 radical (unpaired) electrons. The summed E-state index contributed by atoms with van der Waals surface area (Å²) < 4.78 is 0. The van der Waals surface area contributed by atoms with Crippen molar-refractivity contribution in [2.45, 2.75) is 19.8 Å². The van der Waals surface area contributed by atoms with Crippen LogP contribution in [-0.4, -0.2) is 25.5 Å². The van der Waals surface area contributed by atoms with Gasteiger partial charge in [-0.1, -0.05) is 23.3 Å². The highest BCUT2D eigenvalue weighted by molar-refractivity contribution is 5.28. The number of allylic oxidation sites excluding steroid dienone is 3. The van der Waals surface area contributed by atoms with E-state index >= 15 is 0 Å². The molecule has 0 aromatic heterocycles. The van der Waals surface area contributed by atoms with Crippen molar-refractivity contribution >= 4 is 0 Å². The summed E-state index contributed by atoms with van der Waals surface area (Å²) in [7, 11) is 4.25. The summed E-state index contributed by atoms with van der Waals surface area (Å²) in [5.74, 6) is 0. The maximum atomic E-state index is 2.26. The molecule has 0 saturated carbocycles. The standard InChI is InChI=1S/C10H17N/c1-9-6-4-5-7-10(9)8-11(2)3/h4,6H,5,7-8H2,1-3H3. The fourth-order valence-electron chi connectivity index (χ4n) is 1.42. The van der Waals surface area contributed by atoms with Gasteiger partial charge in [0.1, 0.15) is 0 Å². The quantitative estimate of drug-likeness (QED) is 0.585. The molecule has 0 heterocycles. The zero-order valence-corrected chi connectivity index (χ0v) is 7.72. The van der Waals surface area contributed by atoms with Crippen LogP contribution < -0.4 is 0 Å². The molecule has 0 atom stereocenters. The lowest BCUT2D eigenvalue weighted by molar-refractivity contribution is 0.437. The van der Waals surface area contributed by atoms with E-state index in [2.05, 4.69) is 38.1 Å². The maximum Gasteiger partial charge on any atom is 0.0192 e. The molecule has 0 unspecified atom stereocenters. The van der Waals surface area contributed by atoms with Crippen LogP contribution in [0.15, 0.2) is 23.3 Å². The van der Waals surface area contributed by atoms with Gasteiger partial charge in [0.15, 0.2) is 0 Å². The minimum Gasteiger partial charge on any atom is -0.305 e. The second kappa shape index (κ2) is 3.72. The molecule has 0 aromatic rings. The van der Waals surface area contributed by atoms with Crippen molar-refractivity contribution in [2.75, 3.05) is 20.6 Å². The first-order chi connectivity index (χ1) is 5.20. The Hall–Kier alpha value is -0.560. The van der Waals surface area contributed by atoms with E-state index in [0.717, 1.165) is 6.54 Å². The van der Waals surface area contributed by atoms with Gasteiger partial charge in [-0.15, -0.1) is 0 Å². The number of nitrogens with zero attached hydrogens (tertiary/aromatic N) is 1. The summed E-state index contributed by atoms with van der Waals surface area (Å²) in [4.78, 5) is 2.23.